The number of aromatic hydroxyl groups is 1. The lowest BCUT2D eigenvalue weighted by molar-refractivity contribution is 0.455. The highest BCUT2D eigenvalue weighted by molar-refractivity contribution is 5.48. The Morgan fingerprint density at radius 3 is 1.95 bits per heavy atom. The van der Waals surface area contributed by atoms with Crippen molar-refractivity contribution in [3.05, 3.63) is 28.8 Å². The highest BCUT2D eigenvalue weighted by Crippen LogP contribution is 2.37. The van der Waals surface area contributed by atoms with Crippen molar-refractivity contribution in [1.82, 2.24) is 0 Å². The van der Waals surface area contributed by atoms with E-state index in [1.54, 1.807) is 0 Å². The number of unbranched alkanes of at least 4 members (excludes halogenated alkanes) is 1. The van der Waals surface area contributed by atoms with Gasteiger partial charge in [0.2, 0.25) is 0 Å². The summed E-state index contributed by atoms with van der Waals surface area (Å²) in [5.74, 6) is 0.478. The molecule has 19 heavy (non-hydrogen) atoms. The second kappa shape index (κ2) is 5.56. The van der Waals surface area contributed by atoms with Crippen LogP contribution in [0.4, 0.5) is 0 Å². The molecule has 0 saturated carbocycles. The minimum Gasteiger partial charge on any atom is -0.508 e. The van der Waals surface area contributed by atoms with Crippen LogP contribution in [0.2, 0.25) is 0 Å². The Labute approximate surface area is 119 Å². The van der Waals surface area contributed by atoms with Crippen LogP contribution in [0.25, 0.3) is 0 Å². The summed E-state index contributed by atoms with van der Waals surface area (Å²) in [7, 11) is 0. The van der Waals surface area contributed by atoms with Gasteiger partial charge in [0.25, 0.3) is 0 Å². The van der Waals surface area contributed by atoms with Crippen LogP contribution in [0, 0.1) is 0 Å². The molecule has 0 unspecified atom stereocenters. The minimum atomic E-state index is 0.0702. The first-order chi connectivity index (χ1) is 8.57. The van der Waals surface area contributed by atoms with E-state index in [9.17, 15) is 5.11 Å². The number of hydrogen-bond acceptors (Lipinski definition) is 1. The predicted octanol–water partition coefficient (Wildman–Crippen LogP) is 5.33. The number of hydrogen-bond donors (Lipinski definition) is 1. The molecule has 1 rings (SSSR count). The average Bonchev–Trinajstić information content (AvgIpc) is 2.23. The van der Waals surface area contributed by atoms with Gasteiger partial charge in [-0.3, -0.25) is 0 Å². The zero-order valence-electron chi connectivity index (χ0n) is 13.7. The Hall–Kier alpha value is -0.980. The average molecular weight is 262 g/mol. The van der Waals surface area contributed by atoms with Gasteiger partial charge in [0.05, 0.1) is 0 Å². The highest BCUT2D eigenvalue weighted by Gasteiger charge is 2.24. The van der Waals surface area contributed by atoms with Crippen molar-refractivity contribution in [1.29, 1.82) is 0 Å². The summed E-state index contributed by atoms with van der Waals surface area (Å²) in [5, 5.41) is 10.4. The largest absolute Gasteiger partial charge is 0.508 e. The molecule has 1 N–H and O–H groups in total. The Morgan fingerprint density at radius 2 is 1.53 bits per heavy atom. The smallest absolute Gasteiger partial charge is 0.119 e. The number of rotatable bonds is 3. The summed E-state index contributed by atoms with van der Waals surface area (Å²) in [6.07, 6.45) is 3.26. The molecule has 0 amide bonds. The van der Waals surface area contributed by atoms with Crippen LogP contribution in [-0.4, -0.2) is 5.11 Å². The molecule has 0 aliphatic carbocycles. The number of benzene rings is 1. The van der Waals surface area contributed by atoms with Crippen LogP contribution in [-0.2, 0) is 17.3 Å². The summed E-state index contributed by atoms with van der Waals surface area (Å²) >= 11 is 0. The van der Waals surface area contributed by atoms with Crippen molar-refractivity contribution in [2.24, 2.45) is 0 Å². The highest BCUT2D eigenvalue weighted by atomic mass is 16.3. The molecule has 0 heterocycles. The van der Waals surface area contributed by atoms with Crippen molar-refractivity contribution in [3.8, 4) is 5.75 Å². The van der Waals surface area contributed by atoms with Crippen LogP contribution in [0.1, 0.15) is 78.0 Å². The molecule has 0 aromatic heterocycles. The fourth-order valence-corrected chi connectivity index (χ4v) is 2.38. The van der Waals surface area contributed by atoms with Gasteiger partial charge in [0, 0.05) is 0 Å². The quantitative estimate of drug-likeness (QED) is 0.780. The molecule has 0 saturated heterocycles. The summed E-state index contributed by atoms with van der Waals surface area (Å²) < 4.78 is 0. The van der Waals surface area contributed by atoms with E-state index in [0.29, 0.717) is 5.75 Å². The molecule has 0 aliphatic rings. The Balaban J connectivity index is 3.39. The van der Waals surface area contributed by atoms with Crippen molar-refractivity contribution >= 4 is 0 Å². The first-order valence-corrected chi connectivity index (χ1v) is 7.44. The maximum atomic E-state index is 10.4. The molecule has 1 heteroatoms. The summed E-state index contributed by atoms with van der Waals surface area (Å²) in [5.41, 5.74) is 3.80. The molecule has 1 aromatic rings. The van der Waals surface area contributed by atoms with Crippen LogP contribution in [0.5, 0.6) is 5.75 Å². The lowest BCUT2D eigenvalue weighted by Crippen LogP contribution is -2.18. The Morgan fingerprint density at radius 1 is 0.947 bits per heavy atom. The van der Waals surface area contributed by atoms with E-state index >= 15 is 0 Å². The molecule has 0 aliphatic heterocycles. The molecule has 1 nitrogen and oxygen atoms in total. The van der Waals surface area contributed by atoms with Crippen LogP contribution >= 0.6 is 0 Å². The third kappa shape index (κ3) is 3.99. The lowest BCUT2D eigenvalue weighted by atomic mass is 9.77. The summed E-state index contributed by atoms with van der Waals surface area (Å²) in [4.78, 5) is 0. The predicted molar refractivity (Wildman–Crippen MR) is 84.1 cm³/mol. The van der Waals surface area contributed by atoms with Crippen LogP contribution < -0.4 is 0 Å². The first-order valence-electron chi connectivity index (χ1n) is 7.44. The van der Waals surface area contributed by atoms with Gasteiger partial charge in [0.1, 0.15) is 5.75 Å². The molecule has 108 valence electrons. The van der Waals surface area contributed by atoms with Crippen molar-refractivity contribution in [2.75, 3.05) is 0 Å². The second-order valence-corrected chi connectivity index (χ2v) is 7.63. The molecule has 1 aromatic carbocycles. The van der Waals surface area contributed by atoms with E-state index in [1.165, 1.54) is 11.1 Å². The fourth-order valence-electron chi connectivity index (χ4n) is 2.38. The topological polar surface area (TPSA) is 20.2 Å². The van der Waals surface area contributed by atoms with Gasteiger partial charge in [-0.15, -0.1) is 0 Å². The monoisotopic (exact) mass is 262 g/mol. The van der Waals surface area contributed by atoms with E-state index in [-0.39, 0.29) is 10.8 Å². The van der Waals surface area contributed by atoms with Gasteiger partial charge in [0.15, 0.2) is 0 Å². The fraction of sp³-hybridized carbons (Fsp3) is 0.667. The van der Waals surface area contributed by atoms with Crippen LogP contribution in [0.3, 0.4) is 0 Å². The standard InChI is InChI=1S/C18H30O/c1-8-9-10-14-15(18(5,6)7)11-13(12-16(14)19)17(2,3)4/h11-12,19H,8-10H2,1-7H3. The Bertz CT molecular complexity index is 430. The number of phenols is 1. The van der Waals surface area contributed by atoms with Crippen molar-refractivity contribution < 1.29 is 5.11 Å². The maximum Gasteiger partial charge on any atom is 0.119 e. The Kier molecular flexibility index (Phi) is 4.71. The summed E-state index contributed by atoms with van der Waals surface area (Å²) in [6.45, 7) is 15.5. The lowest BCUT2D eigenvalue weighted by Gasteiger charge is -2.28. The zero-order valence-corrected chi connectivity index (χ0v) is 13.7. The normalized spacial score (nSPS) is 12.8. The molecule has 0 spiro atoms. The summed E-state index contributed by atoms with van der Waals surface area (Å²) in [6, 6.07) is 4.25. The second-order valence-electron chi connectivity index (χ2n) is 7.63. The van der Waals surface area contributed by atoms with Crippen molar-refractivity contribution in [3.63, 3.8) is 0 Å². The van der Waals surface area contributed by atoms with E-state index in [2.05, 4.69) is 54.5 Å². The van der Waals surface area contributed by atoms with Gasteiger partial charge < -0.3 is 5.11 Å². The van der Waals surface area contributed by atoms with E-state index in [1.807, 2.05) is 6.07 Å². The SMILES string of the molecule is CCCCc1c(O)cc(C(C)(C)C)cc1C(C)(C)C. The molecular weight excluding hydrogens is 232 g/mol. The van der Waals surface area contributed by atoms with Gasteiger partial charge >= 0.3 is 0 Å². The van der Waals surface area contributed by atoms with E-state index in [0.717, 1.165) is 24.8 Å². The van der Waals surface area contributed by atoms with Crippen LogP contribution in [0.15, 0.2) is 12.1 Å². The maximum absolute atomic E-state index is 10.4. The third-order valence-corrected chi connectivity index (χ3v) is 3.68. The number of phenolic OH excluding ortho intramolecular Hbond substituents is 1. The molecule has 0 atom stereocenters. The van der Waals surface area contributed by atoms with E-state index < -0.39 is 0 Å². The van der Waals surface area contributed by atoms with Crippen molar-refractivity contribution in [2.45, 2.75) is 78.6 Å². The molecule has 0 radical (unpaired) electrons. The third-order valence-electron chi connectivity index (χ3n) is 3.68. The molecular formula is C18H30O. The minimum absolute atomic E-state index is 0.0702. The van der Waals surface area contributed by atoms with E-state index in [4.69, 9.17) is 0 Å². The van der Waals surface area contributed by atoms with Gasteiger partial charge in [-0.25, -0.2) is 0 Å². The zero-order chi connectivity index (χ0) is 14.8. The molecule has 0 fully saturated rings. The van der Waals surface area contributed by atoms with Gasteiger partial charge in [-0.2, -0.15) is 0 Å². The van der Waals surface area contributed by atoms with Gasteiger partial charge in [-0.05, 0) is 46.4 Å². The molecule has 0 bridgehead atoms. The first kappa shape index (κ1) is 16.1. The van der Waals surface area contributed by atoms with Gasteiger partial charge in [-0.1, -0.05) is 61.0 Å².